The van der Waals surface area contributed by atoms with Crippen LogP contribution in [-0.4, -0.2) is 12.4 Å². The Morgan fingerprint density at radius 2 is 1.96 bits per heavy atom. The fourth-order valence-electron chi connectivity index (χ4n) is 2.69. The van der Waals surface area contributed by atoms with Crippen molar-refractivity contribution in [2.45, 2.75) is 26.7 Å². The minimum Gasteiger partial charge on any atom is -0.494 e. The number of ketones is 1. The lowest BCUT2D eigenvalue weighted by Gasteiger charge is -2.04. The van der Waals surface area contributed by atoms with Gasteiger partial charge in [0.05, 0.1) is 6.61 Å². The largest absolute Gasteiger partial charge is 0.494 e. The monoisotopic (exact) mass is 352 g/mol. The van der Waals surface area contributed by atoms with Crippen LogP contribution < -0.4 is 4.74 Å². The van der Waals surface area contributed by atoms with Crippen molar-refractivity contribution in [3.8, 4) is 5.75 Å². The molecule has 0 amide bonds. The topological polar surface area (TPSA) is 39.4 Å². The molecule has 0 saturated heterocycles. The summed E-state index contributed by atoms with van der Waals surface area (Å²) < 4.78 is 24.6. The molecule has 1 heterocycles. The lowest BCUT2D eigenvalue weighted by Crippen LogP contribution is -1.96. The van der Waals surface area contributed by atoms with Gasteiger partial charge in [-0.2, -0.15) is 0 Å². The number of allylic oxidation sites excluding steroid dienone is 1. The van der Waals surface area contributed by atoms with Crippen LogP contribution in [-0.2, 0) is 0 Å². The first-order valence-corrected chi connectivity index (χ1v) is 8.72. The maximum absolute atomic E-state index is 13.4. The van der Waals surface area contributed by atoms with Gasteiger partial charge in [-0.25, -0.2) is 4.39 Å². The number of benzene rings is 2. The Labute approximate surface area is 152 Å². The van der Waals surface area contributed by atoms with E-state index in [0.29, 0.717) is 23.1 Å². The first-order valence-electron chi connectivity index (χ1n) is 8.72. The van der Waals surface area contributed by atoms with Gasteiger partial charge in [-0.3, -0.25) is 4.79 Å². The van der Waals surface area contributed by atoms with Crippen LogP contribution in [0.1, 0.15) is 41.4 Å². The van der Waals surface area contributed by atoms with E-state index in [2.05, 4.69) is 6.92 Å². The molecule has 0 aliphatic heterocycles. The molecule has 3 nitrogen and oxygen atoms in total. The smallest absolute Gasteiger partial charge is 0.221 e. The molecular weight excluding hydrogens is 331 g/mol. The average molecular weight is 352 g/mol. The third-order valence-electron chi connectivity index (χ3n) is 4.20. The van der Waals surface area contributed by atoms with Gasteiger partial charge in [0.15, 0.2) is 5.76 Å². The Morgan fingerprint density at radius 3 is 2.69 bits per heavy atom. The number of furan rings is 1. The molecule has 0 fully saturated rings. The van der Waals surface area contributed by atoms with Crippen LogP contribution in [0.2, 0.25) is 0 Å². The zero-order valence-corrected chi connectivity index (χ0v) is 14.9. The molecule has 0 spiro atoms. The molecule has 0 saturated carbocycles. The van der Waals surface area contributed by atoms with E-state index in [-0.39, 0.29) is 17.4 Å². The lowest BCUT2D eigenvalue weighted by molar-refractivity contribution is 0.102. The molecular formula is C22H21FO3. The highest BCUT2D eigenvalue weighted by Crippen LogP contribution is 2.26. The Morgan fingerprint density at radius 1 is 1.19 bits per heavy atom. The van der Waals surface area contributed by atoms with E-state index in [0.717, 1.165) is 24.2 Å². The van der Waals surface area contributed by atoms with Gasteiger partial charge in [-0.15, -0.1) is 0 Å². The van der Waals surface area contributed by atoms with Crippen molar-refractivity contribution in [3.63, 3.8) is 0 Å². The van der Waals surface area contributed by atoms with Crippen LogP contribution in [0, 0.1) is 12.7 Å². The van der Waals surface area contributed by atoms with E-state index in [9.17, 15) is 9.18 Å². The van der Waals surface area contributed by atoms with E-state index in [1.165, 1.54) is 24.3 Å². The third kappa shape index (κ3) is 4.02. The van der Waals surface area contributed by atoms with Crippen LogP contribution in [0.15, 0.2) is 53.0 Å². The summed E-state index contributed by atoms with van der Waals surface area (Å²) in [5, 5.41) is 0.621. The normalized spacial score (nSPS) is 11.3. The summed E-state index contributed by atoms with van der Waals surface area (Å²) in [5.41, 5.74) is 2.05. The molecule has 0 unspecified atom stereocenters. The molecule has 2 aromatic carbocycles. The number of carbonyl (C=O) groups is 1. The molecule has 134 valence electrons. The minimum atomic E-state index is -0.350. The van der Waals surface area contributed by atoms with E-state index >= 15 is 0 Å². The number of unbranched alkanes of at least 4 members (excludes halogenated alkanes) is 1. The molecule has 0 N–H and O–H groups in total. The molecule has 0 radical (unpaired) electrons. The molecule has 0 aliphatic rings. The van der Waals surface area contributed by atoms with Crippen molar-refractivity contribution < 1.29 is 18.3 Å². The zero-order valence-electron chi connectivity index (χ0n) is 14.9. The van der Waals surface area contributed by atoms with Gasteiger partial charge in [-0.05, 0) is 55.3 Å². The second-order valence-corrected chi connectivity index (χ2v) is 6.17. The number of aryl methyl sites for hydroxylation is 1. The van der Waals surface area contributed by atoms with E-state index < -0.39 is 0 Å². The molecule has 0 aliphatic carbocycles. The molecule has 4 heteroatoms. The van der Waals surface area contributed by atoms with Crippen molar-refractivity contribution in [1.82, 2.24) is 0 Å². The highest BCUT2D eigenvalue weighted by molar-refractivity contribution is 6.08. The molecule has 3 aromatic rings. The summed E-state index contributed by atoms with van der Waals surface area (Å²) in [4.78, 5) is 12.4. The molecule has 0 bridgehead atoms. The van der Waals surface area contributed by atoms with E-state index in [1.807, 2.05) is 24.3 Å². The van der Waals surface area contributed by atoms with Crippen molar-refractivity contribution >= 4 is 22.8 Å². The van der Waals surface area contributed by atoms with Gasteiger partial charge in [0, 0.05) is 10.9 Å². The molecule has 0 atom stereocenters. The number of carbonyl (C=O) groups excluding carboxylic acids is 1. The van der Waals surface area contributed by atoms with Gasteiger partial charge in [-0.1, -0.05) is 31.6 Å². The maximum atomic E-state index is 13.4. The highest BCUT2D eigenvalue weighted by Gasteiger charge is 2.15. The van der Waals surface area contributed by atoms with Crippen LogP contribution in [0.25, 0.3) is 17.0 Å². The fourth-order valence-corrected chi connectivity index (χ4v) is 2.69. The zero-order chi connectivity index (χ0) is 18.5. The standard InChI is InChI=1S/C22H21FO3/c1-3-4-13-25-18-9-5-16(6-10-18)7-11-20(24)22-15(2)19-14-17(23)8-12-21(19)26-22/h5-12,14H,3-4,13H2,1-2H3. The minimum absolute atomic E-state index is 0.237. The molecule has 1 aromatic heterocycles. The predicted octanol–water partition coefficient (Wildman–Crippen LogP) is 5.96. The molecule has 26 heavy (non-hydrogen) atoms. The van der Waals surface area contributed by atoms with Gasteiger partial charge in [0.25, 0.3) is 0 Å². The van der Waals surface area contributed by atoms with Gasteiger partial charge in [0.1, 0.15) is 17.1 Å². The second-order valence-electron chi connectivity index (χ2n) is 6.17. The number of fused-ring (bicyclic) bond motifs is 1. The SMILES string of the molecule is CCCCOc1ccc(C=CC(=O)c2oc3ccc(F)cc3c2C)cc1. The summed E-state index contributed by atoms with van der Waals surface area (Å²) in [6, 6.07) is 11.8. The first kappa shape index (κ1) is 17.9. The van der Waals surface area contributed by atoms with Crippen LogP contribution in [0.5, 0.6) is 5.75 Å². The quantitative estimate of drug-likeness (QED) is 0.299. The number of hydrogen-bond donors (Lipinski definition) is 0. The van der Waals surface area contributed by atoms with Crippen molar-refractivity contribution in [3.05, 3.63) is 71.2 Å². The third-order valence-corrected chi connectivity index (χ3v) is 4.20. The van der Waals surface area contributed by atoms with Crippen molar-refractivity contribution in [1.29, 1.82) is 0 Å². The average Bonchev–Trinajstić information content (AvgIpc) is 2.97. The predicted molar refractivity (Wildman–Crippen MR) is 101 cm³/mol. The van der Waals surface area contributed by atoms with Crippen LogP contribution in [0.4, 0.5) is 4.39 Å². The number of rotatable bonds is 7. The Balaban J connectivity index is 1.72. The maximum Gasteiger partial charge on any atom is 0.221 e. The van der Waals surface area contributed by atoms with Gasteiger partial charge in [0.2, 0.25) is 5.78 Å². The number of halogens is 1. The highest BCUT2D eigenvalue weighted by atomic mass is 19.1. The van der Waals surface area contributed by atoms with Crippen molar-refractivity contribution in [2.24, 2.45) is 0 Å². The summed E-state index contributed by atoms with van der Waals surface area (Å²) in [5.74, 6) is 0.456. The van der Waals surface area contributed by atoms with Crippen LogP contribution >= 0.6 is 0 Å². The second kappa shape index (κ2) is 8.00. The summed E-state index contributed by atoms with van der Waals surface area (Å²) in [6.45, 7) is 4.58. The first-order chi connectivity index (χ1) is 12.6. The van der Waals surface area contributed by atoms with E-state index in [1.54, 1.807) is 13.0 Å². The van der Waals surface area contributed by atoms with Gasteiger partial charge < -0.3 is 9.15 Å². The van der Waals surface area contributed by atoms with Crippen molar-refractivity contribution in [2.75, 3.05) is 6.61 Å². The summed E-state index contributed by atoms with van der Waals surface area (Å²) in [7, 11) is 0. The Hall–Kier alpha value is -2.88. The summed E-state index contributed by atoms with van der Waals surface area (Å²) >= 11 is 0. The summed E-state index contributed by atoms with van der Waals surface area (Å²) in [6.07, 6.45) is 5.31. The molecule has 3 rings (SSSR count). The number of ether oxygens (including phenoxy) is 1. The number of hydrogen-bond acceptors (Lipinski definition) is 3. The fraction of sp³-hybridized carbons (Fsp3) is 0.227. The Kier molecular flexibility index (Phi) is 5.52. The van der Waals surface area contributed by atoms with Gasteiger partial charge >= 0.3 is 0 Å². The van der Waals surface area contributed by atoms with E-state index in [4.69, 9.17) is 9.15 Å². The lowest BCUT2D eigenvalue weighted by atomic mass is 10.1. The Bertz CT molecular complexity index is 936. The van der Waals surface area contributed by atoms with Crippen LogP contribution in [0.3, 0.4) is 0 Å².